The molecule has 4 nitrogen and oxygen atoms in total. The monoisotopic (exact) mass is 279 g/mol. The first kappa shape index (κ1) is 16.2. The molecule has 0 heterocycles. The van der Waals surface area contributed by atoms with Crippen LogP contribution in [0.3, 0.4) is 0 Å². The van der Waals surface area contributed by atoms with E-state index in [9.17, 15) is 9.18 Å². The van der Waals surface area contributed by atoms with Gasteiger partial charge in [-0.3, -0.25) is 0 Å². The van der Waals surface area contributed by atoms with Crippen LogP contribution < -0.4 is 11.6 Å². The zero-order valence-corrected chi connectivity index (χ0v) is 11.8. The zero-order chi connectivity index (χ0) is 15.0. The van der Waals surface area contributed by atoms with E-state index in [0.717, 1.165) is 18.4 Å². The highest BCUT2D eigenvalue weighted by Crippen LogP contribution is 2.08. The lowest BCUT2D eigenvalue weighted by Crippen LogP contribution is -2.26. The van der Waals surface area contributed by atoms with Crippen molar-refractivity contribution in [2.75, 3.05) is 0 Å². The number of carbonyl (C=O) groups is 1. The molecular formula is C15H22FN3O. The van der Waals surface area contributed by atoms with Crippen LogP contribution >= 0.6 is 0 Å². The number of Topliss-reactive ketones (excluding diaryl/α,β-unsaturated/α-hetero) is 1. The number of hydrogen-bond acceptors (Lipinski definition) is 4. The second kappa shape index (κ2) is 8.32. The second-order valence-corrected chi connectivity index (χ2v) is 4.91. The van der Waals surface area contributed by atoms with Crippen LogP contribution in [0.15, 0.2) is 36.2 Å². The average molecular weight is 279 g/mol. The summed E-state index contributed by atoms with van der Waals surface area (Å²) in [6.45, 7) is 2.05. The Morgan fingerprint density at radius 2 is 1.85 bits per heavy atom. The van der Waals surface area contributed by atoms with E-state index in [2.05, 4.69) is 0 Å². The van der Waals surface area contributed by atoms with Gasteiger partial charge < -0.3 is 15.5 Å². The van der Waals surface area contributed by atoms with Crippen molar-refractivity contribution in [2.45, 2.75) is 39.2 Å². The highest BCUT2D eigenvalue weighted by molar-refractivity contribution is 5.75. The van der Waals surface area contributed by atoms with Gasteiger partial charge >= 0.3 is 0 Å². The van der Waals surface area contributed by atoms with Crippen molar-refractivity contribution in [3.63, 3.8) is 0 Å². The van der Waals surface area contributed by atoms with Crippen molar-refractivity contribution < 1.29 is 9.18 Å². The summed E-state index contributed by atoms with van der Waals surface area (Å²) in [4.78, 5) is 10.8. The SMILES string of the molecule is CC(=O)CCCC/C(N)=C/N(N)Cc1ccc(F)cc1. The van der Waals surface area contributed by atoms with Gasteiger partial charge in [0.25, 0.3) is 0 Å². The largest absolute Gasteiger partial charge is 0.401 e. The quantitative estimate of drug-likeness (QED) is 0.435. The predicted molar refractivity (Wildman–Crippen MR) is 77.5 cm³/mol. The van der Waals surface area contributed by atoms with E-state index >= 15 is 0 Å². The number of halogens is 1. The average Bonchev–Trinajstić information content (AvgIpc) is 2.37. The predicted octanol–water partition coefficient (Wildman–Crippen LogP) is 2.45. The Morgan fingerprint density at radius 1 is 1.25 bits per heavy atom. The molecule has 0 atom stereocenters. The minimum Gasteiger partial charge on any atom is -0.401 e. The van der Waals surface area contributed by atoms with E-state index in [0.29, 0.717) is 25.1 Å². The Labute approximate surface area is 119 Å². The van der Waals surface area contributed by atoms with Gasteiger partial charge in [-0.1, -0.05) is 12.1 Å². The third-order valence-corrected chi connectivity index (χ3v) is 2.85. The van der Waals surface area contributed by atoms with Crippen molar-refractivity contribution in [3.8, 4) is 0 Å². The normalized spacial score (nSPS) is 11.4. The minimum atomic E-state index is -0.266. The van der Waals surface area contributed by atoms with Crippen molar-refractivity contribution >= 4 is 5.78 Å². The molecule has 0 amide bonds. The third kappa shape index (κ3) is 6.89. The molecule has 20 heavy (non-hydrogen) atoms. The molecule has 5 heteroatoms. The van der Waals surface area contributed by atoms with Gasteiger partial charge in [0, 0.05) is 18.3 Å². The van der Waals surface area contributed by atoms with Crippen molar-refractivity contribution in [3.05, 3.63) is 47.5 Å². The van der Waals surface area contributed by atoms with Crippen LogP contribution in [0.4, 0.5) is 4.39 Å². The van der Waals surface area contributed by atoms with Crippen LogP contribution in [0.1, 0.15) is 38.2 Å². The molecule has 4 N–H and O–H groups in total. The lowest BCUT2D eigenvalue weighted by molar-refractivity contribution is -0.117. The maximum Gasteiger partial charge on any atom is 0.129 e. The summed E-state index contributed by atoms with van der Waals surface area (Å²) in [5.41, 5.74) is 7.45. The molecule has 0 radical (unpaired) electrons. The van der Waals surface area contributed by atoms with Crippen LogP contribution in [0, 0.1) is 5.82 Å². The Hall–Kier alpha value is -1.88. The fourth-order valence-corrected chi connectivity index (χ4v) is 1.83. The molecule has 1 aromatic carbocycles. The first-order valence-electron chi connectivity index (χ1n) is 6.69. The summed E-state index contributed by atoms with van der Waals surface area (Å²) in [6.07, 6.45) is 4.69. The van der Waals surface area contributed by atoms with Gasteiger partial charge in [-0.15, -0.1) is 0 Å². The summed E-state index contributed by atoms with van der Waals surface area (Å²) < 4.78 is 12.8. The van der Waals surface area contributed by atoms with Crippen LogP contribution in [0.2, 0.25) is 0 Å². The number of benzene rings is 1. The fourth-order valence-electron chi connectivity index (χ4n) is 1.83. The molecule has 0 spiro atoms. The smallest absolute Gasteiger partial charge is 0.129 e. The minimum absolute atomic E-state index is 0.198. The number of hydrazine groups is 1. The second-order valence-electron chi connectivity index (χ2n) is 4.91. The van der Waals surface area contributed by atoms with Gasteiger partial charge in [0.05, 0.1) is 6.54 Å². The Morgan fingerprint density at radius 3 is 2.45 bits per heavy atom. The molecule has 110 valence electrons. The van der Waals surface area contributed by atoms with Gasteiger partial charge in [-0.05, 0) is 43.9 Å². The van der Waals surface area contributed by atoms with Gasteiger partial charge in [-0.25, -0.2) is 10.2 Å². The maximum absolute atomic E-state index is 12.8. The summed E-state index contributed by atoms with van der Waals surface area (Å²) in [7, 11) is 0. The zero-order valence-electron chi connectivity index (χ0n) is 11.8. The van der Waals surface area contributed by atoms with Crippen molar-refractivity contribution in [2.24, 2.45) is 11.6 Å². The van der Waals surface area contributed by atoms with E-state index in [1.54, 1.807) is 25.3 Å². The summed E-state index contributed by atoms with van der Waals surface area (Å²) in [5.74, 6) is 5.76. The highest BCUT2D eigenvalue weighted by Gasteiger charge is 2.00. The van der Waals surface area contributed by atoms with Gasteiger partial charge in [0.15, 0.2) is 0 Å². The van der Waals surface area contributed by atoms with E-state index < -0.39 is 0 Å². The number of nitrogens with zero attached hydrogens (tertiary/aromatic N) is 1. The van der Waals surface area contributed by atoms with Crippen LogP contribution in [-0.2, 0) is 11.3 Å². The van der Waals surface area contributed by atoms with Crippen LogP contribution in [0.5, 0.6) is 0 Å². The summed E-state index contributed by atoms with van der Waals surface area (Å²) in [5, 5.41) is 1.48. The fraction of sp³-hybridized carbons (Fsp3) is 0.400. The lowest BCUT2D eigenvalue weighted by Gasteiger charge is -2.15. The number of hydrogen-bond donors (Lipinski definition) is 2. The first-order valence-corrected chi connectivity index (χ1v) is 6.69. The van der Waals surface area contributed by atoms with Gasteiger partial charge in [0.1, 0.15) is 11.6 Å². The van der Waals surface area contributed by atoms with Crippen molar-refractivity contribution in [1.29, 1.82) is 0 Å². The van der Waals surface area contributed by atoms with E-state index in [1.165, 1.54) is 17.1 Å². The number of carbonyl (C=O) groups excluding carboxylic acids is 1. The Balaban J connectivity index is 2.35. The number of ketones is 1. The number of unbranched alkanes of at least 4 members (excludes halogenated alkanes) is 1. The number of nitrogens with two attached hydrogens (primary N) is 2. The van der Waals surface area contributed by atoms with E-state index in [-0.39, 0.29) is 11.6 Å². The molecule has 0 aromatic heterocycles. The van der Waals surface area contributed by atoms with Gasteiger partial charge in [0.2, 0.25) is 0 Å². The third-order valence-electron chi connectivity index (χ3n) is 2.85. The number of allylic oxidation sites excluding steroid dienone is 1. The molecule has 0 aliphatic rings. The molecule has 0 bridgehead atoms. The topological polar surface area (TPSA) is 72.4 Å². The van der Waals surface area contributed by atoms with E-state index in [4.69, 9.17) is 11.6 Å². The highest BCUT2D eigenvalue weighted by atomic mass is 19.1. The Bertz CT molecular complexity index is 457. The standard InChI is InChI=1S/C15H22FN3O/c1-12(20)4-2-3-5-15(17)11-19(18)10-13-6-8-14(16)9-7-13/h6-9,11H,2-5,10,17-18H2,1H3/b15-11-. The Kier molecular flexibility index (Phi) is 6.73. The lowest BCUT2D eigenvalue weighted by atomic mass is 10.1. The molecule has 0 unspecified atom stereocenters. The molecular weight excluding hydrogens is 257 g/mol. The molecule has 0 saturated heterocycles. The van der Waals surface area contributed by atoms with E-state index in [1.807, 2.05) is 0 Å². The summed E-state index contributed by atoms with van der Waals surface area (Å²) >= 11 is 0. The maximum atomic E-state index is 12.8. The van der Waals surface area contributed by atoms with Crippen LogP contribution in [-0.4, -0.2) is 10.8 Å². The molecule has 1 rings (SSSR count). The number of rotatable bonds is 8. The molecule has 0 aliphatic heterocycles. The molecule has 0 aliphatic carbocycles. The van der Waals surface area contributed by atoms with Gasteiger partial charge in [-0.2, -0.15) is 0 Å². The first-order chi connectivity index (χ1) is 9.47. The summed E-state index contributed by atoms with van der Waals surface area (Å²) in [6, 6.07) is 6.17. The van der Waals surface area contributed by atoms with Crippen molar-refractivity contribution in [1.82, 2.24) is 5.01 Å². The van der Waals surface area contributed by atoms with Crippen LogP contribution in [0.25, 0.3) is 0 Å². The molecule has 0 fully saturated rings. The molecule has 0 saturated carbocycles. The molecule has 1 aromatic rings.